The molecule has 0 spiro atoms. The average Bonchev–Trinajstić information content (AvgIpc) is 3.09. The van der Waals surface area contributed by atoms with Crippen molar-refractivity contribution >= 4 is 17.2 Å². The van der Waals surface area contributed by atoms with Gasteiger partial charge in [0, 0.05) is 23.7 Å². The van der Waals surface area contributed by atoms with Crippen molar-refractivity contribution in [1.82, 2.24) is 5.16 Å². The van der Waals surface area contributed by atoms with Gasteiger partial charge in [-0.3, -0.25) is 4.79 Å². The molecule has 2 heterocycles. The number of likely N-dealkylation sites (tertiary alicyclic amines) is 1. The minimum absolute atomic E-state index is 0.221. The fourth-order valence-electron chi connectivity index (χ4n) is 5.03. The zero-order valence-corrected chi connectivity index (χ0v) is 20.3. The van der Waals surface area contributed by atoms with E-state index < -0.39 is 0 Å². The molecule has 1 aliphatic heterocycles. The van der Waals surface area contributed by atoms with Crippen molar-refractivity contribution < 1.29 is 13.8 Å². The topological polar surface area (TPSA) is 55.1 Å². The maximum atomic E-state index is 12.8. The lowest BCUT2D eigenvalue weighted by Crippen LogP contribution is -2.40. The maximum absolute atomic E-state index is 12.8. The molecule has 1 aromatic carbocycles. The van der Waals surface area contributed by atoms with E-state index in [4.69, 9.17) is 4.52 Å². The summed E-state index contributed by atoms with van der Waals surface area (Å²) in [5.41, 5.74) is 5.46. The van der Waals surface area contributed by atoms with Crippen molar-refractivity contribution in [3.8, 4) is 0 Å². The molecule has 1 atom stereocenters. The van der Waals surface area contributed by atoms with Crippen LogP contribution in [0.15, 0.2) is 34.9 Å². The summed E-state index contributed by atoms with van der Waals surface area (Å²) in [6, 6.07) is 8.35. The number of amides is 1. The van der Waals surface area contributed by atoms with Crippen molar-refractivity contribution in [2.45, 2.75) is 65.2 Å². The number of rotatable bonds is 4. The van der Waals surface area contributed by atoms with Crippen LogP contribution in [0.3, 0.4) is 0 Å². The van der Waals surface area contributed by atoms with E-state index in [1.807, 2.05) is 0 Å². The van der Waals surface area contributed by atoms with Crippen LogP contribution in [0.2, 0.25) is 0 Å². The lowest BCUT2D eigenvalue weighted by molar-refractivity contribution is -0.889. The first kappa shape index (κ1) is 22.8. The van der Waals surface area contributed by atoms with Gasteiger partial charge >= 0.3 is 0 Å². The second-order valence-corrected chi connectivity index (χ2v) is 11.2. The number of allylic oxidation sites excluding steroid dienone is 2. The van der Waals surface area contributed by atoms with Gasteiger partial charge in [0.25, 0.3) is 5.91 Å². The SMILES string of the molecule is Cc1cc(C(=O)Nc2ccc(C3CCC[N+](C)(C)CC3)cc2C2=CCC(C)(C)CC2)no1. The number of aryl methyl sites for hydroxylation is 1. The molecule has 2 aromatic rings. The Bertz CT molecular complexity index is 1020. The molecule has 0 bridgehead atoms. The van der Waals surface area contributed by atoms with Gasteiger partial charge in [0.05, 0.1) is 27.2 Å². The van der Waals surface area contributed by atoms with E-state index in [2.05, 4.69) is 62.7 Å². The molecule has 0 radical (unpaired) electrons. The Labute approximate surface area is 192 Å². The zero-order valence-electron chi connectivity index (χ0n) is 20.3. The number of hydrogen-bond acceptors (Lipinski definition) is 3. The molecule has 1 fully saturated rings. The molecule has 0 saturated carbocycles. The smallest absolute Gasteiger partial charge is 0.277 e. The second-order valence-electron chi connectivity index (χ2n) is 11.2. The largest absolute Gasteiger partial charge is 0.361 e. The van der Waals surface area contributed by atoms with Crippen molar-refractivity contribution in [3.05, 3.63) is 52.9 Å². The summed E-state index contributed by atoms with van der Waals surface area (Å²) in [6.07, 6.45) is 9.35. The molecular formula is C27H38N3O2+. The Morgan fingerprint density at radius 2 is 2.00 bits per heavy atom. The highest BCUT2D eigenvalue weighted by molar-refractivity contribution is 6.04. The molecule has 4 rings (SSSR count). The number of nitrogens with zero attached hydrogens (tertiary/aromatic N) is 2. The van der Waals surface area contributed by atoms with Crippen LogP contribution in [0.1, 0.15) is 85.7 Å². The van der Waals surface area contributed by atoms with Gasteiger partial charge in [0.2, 0.25) is 0 Å². The minimum Gasteiger partial charge on any atom is -0.361 e. The monoisotopic (exact) mass is 436 g/mol. The number of quaternary nitrogens is 1. The molecule has 2 aliphatic rings. The third kappa shape index (κ3) is 5.32. The predicted molar refractivity (Wildman–Crippen MR) is 130 cm³/mol. The Morgan fingerprint density at radius 1 is 1.19 bits per heavy atom. The van der Waals surface area contributed by atoms with Crippen LogP contribution in [0.25, 0.3) is 5.57 Å². The summed E-state index contributed by atoms with van der Waals surface area (Å²) in [4.78, 5) is 12.8. The van der Waals surface area contributed by atoms with Crippen LogP contribution in [0.4, 0.5) is 5.69 Å². The number of benzene rings is 1. The van der Waals surface area contributed by atoms with Gasteiger partial charge in [-0.25, -0.2) is 0 Å². The van der Waals surface area contributed by atoms with E-state index in [1.165, 1.54) is 49.1 Å². The highest BCUT2D eigenvalue weighted by Crippen LogP contribution is 2.41. The standard InChI is InChI=1S/C27H37N3O2/c1-19-17-25(29-32-19)26(31)28-24-9-8-22(20-7-6-15-30(4,5)16-12-20)18-23(24)21-10-13-27(2,3)14-11-21/h8-10,17-18,20H,6-7,11-16H2,1-5H3/p+1. The molecule has 172 valence electrons. The van der Waals surface area contributed by atoms with Crippen molar-refractivity contribution in [2.24, 2.45) is 5.41 Å². The highest BCUT2D eigenvalue weighted by atomic mass is 16.5. The summed E-state index contributed by atoms with van der Waals surface area (Å²) >= 11 is 0. The fraction of sp³-hybridized carbons (Fsp3) is 0.556. The molecule has 5 nitrogen and oxygen atoms in total. The maximum Gasteiger partial charge on any atom is 0.277 e. The average molecular weight is 437 g/mol. The van der Waals surface area contributed by atoms with Gasteiger partial charge in [0.15, 0.2) is 5.69 Å². The number of nitrogens with one attached hydrogen (secondary N) is 1. The normalized spacial score (nSPS) is 22.7. The second kappa shape index (κ2) is 8.86. The van der Waals surface area contributed by atoms with Crippen molar-refractivity contribution in [3.63, 3.8) is 0 Å². The fourth-order valence-corrected chi connectivity index (χ4v) is 5.03. The lowest BCUT2D eigenvalue weighted by Gasteiger charge is -2.30. The van der Waals surface area contributed by atoms with Gasteiger partial charge in [-0.2, -0.15) is 0 Å². The quantitative estimate of drug-likeness (QED) is 0.583. The Morgan fingerprint density at radius 3 is 2.69 bits per heavy atom. The molecule has 5 heteroatoms. The van der Waals surface area contributed by atoms with Gasteiger partial charge in [-0.05, 0) is 73.6 Å². The molecule has 32 heavy (non-hydrogen) atoms. The van der Waals surface area contributed by atoms with E-state index in [0.717, 1.165) is 29.4 Å². The van der Waals surface area contributed by atoms with Gasteiger partial charge in [-0.1, -0.05) is 31.1 Å². The highest BCUT2D eigenvalue weighted by Gasteiger charge is 2.27. The molecule has 1 aromatic heterocycles. The molecule has 1 saturated heterocycles. The lowest BCUT2D eigenvalue weighted by atomic mass is 9.76. The molecule has 1 aliphatic carbocycles. The van der Waals surface area contributed by atoms with E-state index in [9.17, 15) is 4.79 Å². The van der Waals surface area contributed by atoms with Crippen LogP contribution in [-0.2, 0) is 0 Å². The van der Waals surface area contributed by atoms with Gasteiger partial charge < -0.3 is 14.3 Å². The zero-order chi connectivity index (χ0) is 22.9. The number of carbonyl (C=O) groups is 1. The van der Waals surface area contributed by atoms with Crippen molar-refractivity contribution in [1.29, 1.82) is 0 Å². The van der Waals surface area contributed by atoms with E-state index >= 15 is 0 Å². The Kier molecular flexibility index (Phi) is 6.30. The number of aromatic nitrogens is 1. The molecule has 1 amide bonds. The predicted octanol–water partition coefficient (Wildman–Crippen LogP) is 6.17. The Balaban J connectivity index is 1.65. The first-order valence-corrected chi connectivity index (χ1v) is 12.0. The molecule has 1 unspecified atom stereocenters. The number of hydrogen-bond donors (Lipinski definition) is 1. The Hall–Kier alpha value is -2.40. The van der Waals surface area contributed by atoms with Crippen LogP contribution >= 0.6 is 0 Å². The van der Waals surface area contributed by atoms with E-state index in [1.54, 1.807) is 13.0 Å². The number of carbonyl (C=O) groups excluding carboxylic acids is 1. The van der Waals surface area contributed by atoms with Crippen LogP contribution in [-0.4, -0.2) is 42.7 Å². The third-order valence-corrected chi connectivity index (χ3v) is 7.34. The first-order valence-electron chi connectivity index (χ1n) is 12.0. The summed E-state index contributed by atoms with van der Waals surface area (Å²) in [5, 5.41) is 6.99. The molecular weight excluding hydrogens is 398 g/mol. The van der Waals surface area contributed by atoms with Crippen LogP contribution < -0.4 is 5.32 Å². The van der Waals surface area contributed by atoms with Gasteiger partial charge in [-0.15, -0.1) is 0 Å². The summed E-state index contributed by atoms with van der Waals surface area (Å²) in [6.45, 7) is 8.91. The van der Waals surface area contributed by atoms with Crippen LogP contribution in [0, 0.1) is 12.3 Å². The first-order chi connectivity index (χ1) is 15.1. The van der Waals surface area contributed by atoms with Crippen LogP contribution in [0.5, 0.6) is 0 Å². The summed E-state index contributed by atoms with van der Waals surface area (Å²) < 4.78 is 6.20. The summed E-state index contributed by atoms with van der Waals surface area (Å²) in [5.74, 6) is 0.996. The summed E-state index contributed by atoms with van der Waals surface area (Å²) in [7, 11) is 4.68. The minimum atomic E-state index is -0.221. The molecule has 1 N–H and O–H groups in total. The van der Waals surface area contributed by atoms with Crippen molar-refractivity contribution in [2.75, 3.05) is 32.5 Å². The third-order valence-electron chi connectivity index (χ3n) is 7.34. The van der Waals surface area contributed by atoms with E-state index in [0.29, 0.717) is 22.8 Å². The van der Waals surface area contributed by atoms with E-state index in [-0.39, 0.29) is 5.91 Å². The number of anilines is 1. The van der Waals surface area contributed by atoms with Gasteiger partial charge in [0.1, 0.15) is 5.76 Å².